The van der Waals surface area contributed by atoms with E-state index in [1.54, 1.807) is 18.3 Å². The molecule has 0 unspecified atom stereocenters. The smallest absolute Gasteiger partial charge is 0.151 e. The maximum atomic E-state index is 17.1. The Morgan fingerprint density at radius 2 is 0.677 bits per heavy atom. The van der Waals surface area contributed by atoms with Gasteiger partial charge in [0.05, 0.1) is 51.2 Å². The summed E-state index contributed by atoms with van der Waals surface area (Å²) in [6.45, 7) is 0. The molecule has 9 heteroatoms. The molecule has 7 nitrogen and oxygen atoms in total. The summed E-state index contributed by atoms with van der Waals surface area (Å²) >= 11 is 0. The van der Waals surface area contributed by atoms with Crippen LogP contribution < -0.4 is 28.9 Å². The van der Waals surface area contributed by atoms with Gasteiger partial charge in [0.2, 0.25) is 0 Å². The quantitative estimate of drug-likeness (QED) is 0.172. The summed E-state index contributed by atoms with van der Waals surface area (Å²) < 4.78 is 53.3. The van der Waals surface area contributed by atoms with Crippen molar-refractivity contribution in [2.24, 2.45) is 0 Å². The lowest BCUT2D eigenvalue weighted by atomic mass is 9.95. The number of rotatable bonds is 5. The average molecular weight is 811 g/mol. The molecule has 0 aliphatic carbocycles. The van der Waals surface area contributed by atoms with E-state index in [1.807, 2.05) is 158 Å². The highest BCUT2D eigenvalue weighted by Gasteiger charge is 2.38. The average Bonchev–Trinajstić information content (AvgIpc) is 3.32. The fraction of sp³-hybridized carbons (Fsp3) is 0. The van der Waals surface area contributed by atoms with E-state index in [2.05, 4.69) is 19.7 Å². The molecule has 3 aliphatic heterocycles. The minimum Gasteiger partial charge on any atom is -0.453 e. The SMILES string of the molecule is Fc1cc(-c2cc(N3c4ccccc4Oc4ccccc43)c(N3c4ccccc4Oc4ccccc43)c(N3c4ccccc4Oc4ccccc43)c2)c(F)cc1-c1cccnc1. The van der Waals surface area contributed by atoms with Crippen LogP contribution in [0.5, 0.6) is 34.5 Å². The first-order valence-corrected chi connectivity index (χ1v) is 20.1. The van der Waals surface area contributed by atoms with Gasteiger partial charge in [-0.2, -0.15) is 0 Å². The Morgan fingerprint density at radius 1 is 0.339 bits per heavy atom. The second kappa shape index (κ2) is 14.1. The number of fused-ring (bicyclic) bond motifs is 6. The van der Waals surface area contributed by atoms with Crippen molar-refractivity contribution in [1.82, 2.24) is 4.98 Å². The van der Waals surface area contributed by atoms with E-state index in [1.165, 1.54) is 18.3 Å². The predicted octanol–water partition coefficient (Wildman–Crippen LogP) is 15.4. The molecule has 9 aromatic rings. The summed E-state index contributed by atoms with van der Waals surface area (Å²) in [4.78, 5) is 10.7. The number of benzene rings is 8. The summed E-state index contributed by atoms with van der Waals surface area (Å²) in [7, 11) is 0. The standard InChI is InChI=1S/C53H32F2N4O3/c54-37-31-36(38(55)30-35(37)33-14-13-27-56-32-33)34-28-45(57-39-15-1-7-21-47(39)60-48-22-8-2-16-40(48)57)53(59-43-19-5-11-25-51(43)62-52-26-12-6-20-44(52)59)46(29-34)58-41-17-3-9-23-49(41)61-50-24-10-4-18-42(50)58/h1-32H. The molecule has 0 atom stereocenters. The summed E-state index contributed by atoms with van der Waals surface area (Å²) in [5.41, 5.74) is 7.73. The second-order valence-electron chi connectivity index (χ2n) is 15.0. The van der Waals surface area contributed by atoms with Gasteiger partial charge in [0.1, 0.15) is 11.6 Å². The molecular weight excluding hydrogens is 779 g/mol. The fourth-order valence-electron chi connectivity index (χ4n) is 8.71. The maximum Gasteiger partial charge on any atom is 0.151 e. The number of para-hydroxylation sites is 12. The zero-order valence-electron chi connectivity index (χ0n) is 32.7. The molecule has 4 heterocycles. The van der Waals surface area contributed by atoms with Crippen LogP contribution in [0.25, 0.3) is 22.3 Å². The summed E-state index contributed by atoms with van der Waals surface area (Å²) in [6, 6.07) is 57.0. The highest BCUT2D eigenvalue weighted by molar-refractivity contribution is 6.07. The van der Waals surface area contributed by atoms with E-state index in [0.29, 0.717) is 57.0 Å². The summed E-state index contributed by atoms with van der Waals surface area (Å²) in [5, 5.41) is 0. The molecular formula is C53H32F2N4O3. The van der Waals surface area contributed by atoms with E-state index in [9.17, 15) is 0 Å². The lowest BCUT2D eigenvalue weighted by Gasteiger charge is -2.42. The number of aromatic nitrogens is 1. The first kappa shape index (κ1) is 35.5. The fourth-order valence-corrected chi connectivity index (χ4v) is 8.71. The van der Waals surface area contributed by atoms with E-state index in [4.69, 9.17) is 14.2 Å². The molecule has 0 spiro atoms. The number of pyridine rings is 1. The Bertz CT molecular complexity index is 3000. The Morgan fingerprint density at radius 3 is 1.03 bits per heavy atom. The molecule has 0 fully saturated rings. The number of anilines is 9. The molecule has 12 rings (SSSR count). The Kier molecular flexibility index (Phi) is 8.08. The molecule has 0 bridgehead atoms. The monoisotopic (exact) mass is 810 g/mol. The Balaban J connectivity index is 1.25. The van der Waals surface area contributed by atoms with Crippen LogP contribution in [0.15, 0.2) is 194 Å². The van der Waals surface area contributed by atoms with E-state index < -0.39 is 11.6 Å². The van der Waals surface area contributed by atoms with Gasteiger partial charge in [-0.1, -0.05) is 78.9 Å². The van der Waals surface area contributed by atoms with Gasteiger partial charge >= 0.3 is 0 Å². The van der Waals surface area contributed by atoms with E-state index in [0.717, 1.165) is 39.8 Å². The lowest BCUT2D eigenvalue weighted by Crippen LogP contribution is -2.25. The highest BCUT2D eigenvalue weighted by Crippen LogP contribution is 2.63. The van der Waals surface area contributed by atoms with Gasteiger partial charge in [0.15, 0.2) is 34.5 Å². The Labute approximate surface area is 355 Å². The summed E-state index contributed by atoms with van der Waals surface area (Å²) in [6.07, 6.45) is 3.13. The van der Waals surface area contributed by atoms with E-state index in [-0.39, 0.29) is 11.1 Å². The highest BCUT2D eigenvalue weighted by atomic mass is 19.1. The van der Waals surface area contributed by atoms with Crippen LogP contribution in [-0.4, -0.2) is 4.98 Å². The van der Waals surface area contributed by atoms with Crippen LogP contribution in [0, 0.1) is 11.6 Å². The van der Waals surface area contributed by atoms with Gasteiger partial charge in [-0.3, -0.25) is 9.88 Å². The molecule has 0 N–H and O–H groups in total. The van der Waals surface area contributed by atoms with Crippen molar-refractivity contribution < 1.29 is 23.0 Å². The zero-order valence-corrected chi connectivity index (χ0v) is 32.7. The number of halogens is 2. The second-order valence-corrected chi connectivity index (χ2v) is 15.0. The van der Waals surface area contributed by atoms with E-state index >= 15 is 8.78 Å². The zero-order chi connectivity index (χ0) is 41.3. The normalized spacial score (nSPS) is 13.0. The minimum absolute atomic E-state index is 0.0802. The van der Waals surface area contributed by atoms with Crippen molar-refractivity contribution in [2.75, 3.05) is 14.7 Å². The molecule has 0 amide bonds. The van der Waals surface area contributed by atoms with Crippen molar-refractivity contribution >= 4 is 51.2 Å². The van der Waals surface area contributed by atoms with Crippen LogP contribution in [0.4, 0.5) is 60.0 Å². The third kappa shape index (κ3) is 5.59. The topological polar surface area (TPSA) is 50.3 Å². The number of nitrogens with zero attached hydrogens (tertiary/aromatic N) is 4. The van der Waals surface area contributed by atoms with Gasteiger partial charge in [0.25, 0.3) is 0 Å². The van der Waals surface area contributed by atoms with Crippen LogP contribution in [0.3, 0.4) is 0 Å². The van der Waals surface area contributed by atoms with Crippen molar-refractivity contribution in [3.8, 4) is 56.8 Å². The van der Waals surface area contributed by atoms with Gasteiger partial charge in [-0.05, 0) is 109 Å². The van der Waals surface area contributed by atoms with Gasteiger partial charge in [-0.15, -0.1) is 0 Å². The van der Waals surface area contributed by atoms with Crippen LogP contribution >= 0.6 is 0 Å². The van der Waals surface area contributed by atoms with Gasteiger partial charge < -0.3 is 24.0 Å². The Hall–Kier alpha value is -8.43. The van der Waals surface area contributed by atoms with Crippen molar-refractivity contribution in [3.05, 3.63) is 206 Å². The van der Waals surface area contributed by atoms with Crippen molar-refractivity contribution in [2.45, 2.75) is 0 Å². The molecule has 8 aromatic carbocycles. The van der Waals surface area contributed by atoms with Gasteiger partial charge in [-0.25, -0.2) is 8.78 Å². The lowest BCUT2D eigenvalue weighted by molar-refractivity contribution is 0.475. The number of hydrogen-bond acceptors (Lipinski definition) is 7. The molecule has 296 valence electrons. The van der Waals surface area contributed by atoms with Crippen LogP contribution in [0.2, 0.25) is 0 Å². The first-order chi connectivity index (χ1) is 30.6. The molecule has 0 saturated heterocycles. The number of ether oxygens (including phenoxy) is 3. The largest absolute Gasteiger partial charge is 0.453 e. The van der Waals surface area contributed by atoms with Gasteiger partial charge in [0, 0.05) is 29.1 Å². The maximum absolute atomic E-state index is 17.1. The molecule has 0 saturated carbocycles. The summed E-state index contributed by atoms with van der Waals surface area (Å²) in [5.74, 6) is 2.65. The van der Waals surface area contributed by atoms with Crippen molar-refractivity contribution in [3.63, 3.8) is 0 Å². The first-order valence-electron chi connectivity index (χ1n) is 20.1. The van der Waals surface area contributed by atoms with Crippen molar-refractivity contribution in [1.29, 1.82) is 0 Å². The molecule has 3 aliphatic rings. The molecule has 62 heavy (non-hydrogen) atoms. The minimum atomic E-state index is -0.595. The molecule has 0 radical (unpaired) electrons. The van der Waals surface area contributed by atoms with Crippen LogP contribution in [-0.2, 0) is 0 Å². The van der Waals surface area contributed by atoms with Crippen LogP contribution in [0.1, 0.15) is 0 Å². The third-order valence-electron chi connectivity index (χ3n) is 11.4. The number of hydrogen-bond donors (Lipinski definition) is 0. The predicted molar refractivity (Wildman–Crippen MR) is 239 cm³/mol. The third-order valence-corrected chi connectivity index (χ3v) is 11.4. The molecule has 1 aromatic heterocycles.